The molecule has 2 aliphatic heterocycles. The van der Waals surface area contributed by atoms with Gasteiger partial charge in [-0.05, 0) is 31.0 Å². The van der Waals surface area contributed by atoms with E-state index in [0.29, 0.717) is 19.6 Å². The maximum atomic E-state index is 13.2. The first-order valence-corrected chi connectivity index (χ1v) is 11.1. The number of hydrogen-bond acceptors (Lipinski definition) is 8. The maximum absolute atomic E-state index is 13.2. The van der Waals surface area contributed by atoms with Gasteiger partial charge in [0.25, 0.3) is 0 Å². The highest BCUT2D eigenvalue weighted by Gasteiger charge is 2.32. The molecular weight excluding hydrogens is 400 g/mol. The third kappa shape index (κ3) is 3.87. The molecule has 0 radical (unpaired) electrons. The Morgan fingerprint density at radius 1 is 0.900 bits per heavy atom. The molecule has 3 aromatic heterocycles. The highest BCUT2D eigenvalue weighted by Crippen LogP contribution is 2.28. The van der Waals surface area contributed by atoms with Crippen LogP contribution in [-0.4, -0.2) is 74.8 Å². The van der Waals surface area contributed by atoms with Crippen LogP contribution in [-0.2, 0) is 4.79 Å². The van der Waals surface area contributed by atoms with Crippen LogP contribution in [0.1, 0.15) is 12.8 Å². The largest absolute Gasteiger partial charge is 0.346 e. The van der Waals surface area contributed by atoms with Gasteiger partial charge in [-0.15, -0.1) is 10.2 Å². The van der Waals surface area contributed by atoms with Gasteiger partial charge in [-0.3, -0.25) is 9.36 Å². The molecule has 0 unspecified atom stereocenters. The van der Waals surface area contributed by atoms with Gasteiger partial charge in [0, 0.05) is 64.1 Å². The van der Waals surface area contributed by atoms with Crippen LogP contribution in [0.3, 0.4) is 0 Å². The Hall–Kier alpha value is -3.01. The minimum atomic E-state index is 0.0113. The number of amides is 1. The van der Waals surface area contributed by atoms with Crippen LogP contribution in [0.2, 0.25) is 0 Å². The lowest BCUT2D eigenvalue weighted by Gasteiger charge is -2.38. The summed E-state index contributed by atoms with van der Waals surface area (Å²) in [6, 6.07) is 5.76. The van der Waals surface area contributed by atoms with E-state index in [1.54, 1.807) is 23.7 Å². The van der Waals surface area contributed by atoms with Crippen molar-refractivity contribution in [3.63, 3.8) is 0 Å². The van der Waals surface area contributed by atoms with Crippen LogP contribution in [0.4, 0.5) is 11.1 Å². The first kappa shape index (κ1) is 19.0. The fourth-order valence-corrected chi connectivity index (χ4v) is 4.94. The molecule has 30 heavy (non-hydrogen) atoms. The molecule has 0 aromatic carbocycles. The highest BCUT2D eigenvalue weighted by atomic mass is 32.1. The van der Waals surface area contributed by atoms with Crippen molar-refractivity contribution < 1.29 is 4.79 Å². The SMILES string of the molecule is O=C([C@H]1CCCN(c2nnc(-n3cccc3)s2)C1)N1CCN(c2ncccn2)CC1. The van der Waals surface area contributed by atoms with E-state index >= 15 is 0 Å². The second kappa shape index (κ2) is 8.39. The lowest BCUT2D eigenvalue weighted by atomic mass is 9.96. The number of aromatic nitrogens is 5. The zero-order valence-electron chi connectivity index (χ0n) is 16.7. The van der Waals surface area contributed by atoms with E-state index < -0.39 is 0 Å². The van der Waals surface area contributed by atoms with E-state index in [1.807, 2.05) is 40.1 Å². The predicted octanol–water partition coefficient (Wildman–Crippen LogP) is 1.68. The average Bonchev–Trinajstić information content (AvgIpc) is 3.52. The van der Waals surface area contributed by atoms with Crippen molar-refractivity contribution in [2.75, 3.05) is 49.1 Å². The van der Waals surface area contributed by atoms with E-state index in [4.69, 9.17) is 0 Å². The molecule has 10 heteroatoms. The van der Waals surface area contributed by atoms with Crippen molar-refractivity contribution in [1.29, 1.82) is 0 Å². The monoisotopic (exact) mass is 424 g/mol. The summed E-state index contributed by atoms with van der Waals surface area (Å²) in [5, 5.41) is 10.4. The molecule has 156 valence electrons. The molecule has 1 atom stereocenters. The van der Waals surface area contributed by atoms with Crippen molar-refractivity contribution in [2.45, 2.75) is 12.8 Å². The summed E-state index contributed by atoms with van der Waals surface area (Å²) in [7, 11) is 0. The van der Waals surface area contributed by atoms with E-state index in [2.05, 4.69) is 30.0 Å². The van der Waals surface area contributed by atoms with Crippen molar-refractivity contribution >= 4 is 28.3 Å². The summed E-state index contributed by atoms with van der Waals surface area (Å²) in [4.78, 5) is 28.2. The van der Waals surface area contributed by atoms with E-state index in [9.17, 15) is 4.79 Å². The van der Waals surface area contributed by atoms with Crippen molar-refractivity contribution in [3.05, 3.63) is 43.0 Å². The van der Waals surface area contributed by atoms with Crippen LogP contribution >= 0.6 is 11.3 Å². The first-order valence-electron chi connectivity index (χ1n) is 10.3. The standard InChI is InChI=1S/C20H24N8OS/c29-17(25-11-13-26(14-12-25)18-21-6-4-7-22-18)16-5-3-10-28(15-16)20-24-23-19(30-20)27-8-1-2-9-27/h1-2,4,6-9,16H,3,5,10-15H2/t16-/m0/s1. The molecule has 5 rings (SSSR count). The number of anilines is 2. The third-order valence-corrected chi connectivity index (χ3v) is 6.69. The summed E-state index contributed by atoms with van der Waals surface area (Å²) in [6.45, 7) is 4.59. The lowest BCUT2D eigenvalue weighted by Crippen LogP contribution is -2.53. The van der Waals surface area contributed by atoms with Gasteiger partial charge in [0.15, 0.2) is 0 Å². The highest BCUT2D eigenvalue weighted by molar-refractivity contribution is 7.17. The number of piperidine rings is 1. The lowest BCUT2D eigenvalue weighted by molar-refractivity contribution is -0.136. The van der Waals surface area contributed by atoms with Gasteiger partial charge in [0.05, 0.1) is 5.92 Å². The quantitative estimate of drug-likeness (QED) is 0.630. The van der Waals surface area contributed by atoms with Crippen LogP contribution in [0.5, 0.6) is 0 Å². The second-order valence-corrected chi connectivity index (χ2v) is 8.54. The van der Waals surface area contributed by atoms with Gasteiger partial charge in [0.1, 0.15) is 0 Å². The number of rotatable bonds is 4. The Kier molecular flexibility index (Phi) is 5.31. The van der Waals surface area contributed by atoms with Crippen LogP contribution < -0.4 is 9.80 Å². The molecule has 0 saturated carbocycles. The Morgan fingerprint density at radius 3 is 2.40 bits per heavy atom. The van der Waals surface area contributed by atoms with E-state index in [1.165, 1.54) is 0 Å². The molecule has 2 fully saturated rings. The number of piperazine rings is 1. The molecule has 2 aliphatic rings. The Bertz CT molecular complexity index is 968. The summed E-state index contributed by atoms with van der Waals surface area (Å²) < 4.78 is 1.96. The van der Waals surface area contributed by atoms with Crippen molar-refractivity contribution in [1.82, 2.24) is 29.6 Å². The normalized spacial score (nSPS) is 19.9. The minimum Gasteiger partial charge on any atom is -0.346 e. The maximum Gasteiger partial charge on any atom is 0.227 e. The van der Waals surface area contributed by atoms with Crippen molar-refractivity contribution in [2.24, 2.45) is 5.92 Å². The molecule has 9 nitrogen and oxygen atoms in total. The zero-order valence-corrected chi connectivity index (χ0v) is 17.5. The number of carbonyl (C=O) groups is 1. The Morgan fingerprint density at radius 2 is 1.63 bits per heavy atom. The molecule has 0 aliphatic carbocycles. The predicted molar refractivity (Wildman–Crippen MR) is 115 cm³/mol. The van der Waals surface area contributed by atoms with Gasteiger partial charge < -0.3 is 14.7 Å². The van der Waals surface area contributed by atoms with E-state index in [0.717, 1.165) is 48.7 Å². The summed E-state index contributed by atoms with van der Waals surface area (Å²) in [6.07, 6.45) is 9.37. The molecule has 0 bridgehead atoms. The summed E-state index contributed by atoms with van der Waals surface area (Å²) in [5.41, 5.74) is 0. The fraction of sp³-hybridized carbons (Fsp3) is 0.450. The molecule has 2 saturated heterocycles. The molecular formula is C20H24N8OS. The Labute approximate surface area is 179 Å². The Balaban J connectivity index is 1.20. The average molecular weight is 425 g/mol. The molecule has 0 N–H and O–H groups in total. The van der Waals surface area contributed by atoms with Crippen LogP contribution in [0, 0.1) is 5.92 Å². The summed E-state index contributed by atoms with van der Waals surface area (Å²) in [5.74, 6) is 1.00. The van der Waals surface area contributed by atoms with Crippen LogP contribution in [0.25, 0.3) is 5.13 Å². The molecule has 3 aromatic rings. The van der Waals surface area contributed by atoms with Gasteiger partial charge >= 0.3 is 0 Å². The third-order valence-electron chi connectivity index (χ3n) is 5.70. The fourth-order valence-electron chi connectivity index (χ4n) is 4.09. The number of hydrogen-bond donors (Lipinski definition) is 0. The van der Waals surface area contributed by atoms with Crippen LogP contribution in [0.15, 0.2) is 43.0 Å². The van der Waals surface area contributed by atoms with Crippen molar-refractivity contribution in [3.8, 4) is 5.13 Å². The summed E-state index contributed by atoms with van der Waals surface area (Å²) >= 11 is 1.57. The number of carbonyl (C=O) groups excluding carboxylic acids is 1. The van der Waals surface area contributed by atoms with Gasteiger partial charge in [0.2, 0.25) is 22.1 Å². The minimum absolute atomic E-state index is 0.0113. The molecule has 5 heterocycles. The van der Waals surface area contributed by atoms with Gasteiger partial charge in [-0.2, -0.15) is 0 Å². The molecule has 0 spiro atoms. The number of nitrogens with zero attached hydrogens (tertiary/aromatic N) is 8. The van der Waals surface area contributed by atoms with Gasteiger partial charge in [-0.1, -0.05) is 11.3 Å². The van der Waals surface area contributed by atoms with Gasteiger partial charge in [-0.25, -0.2) is 9.97 Å². The molecule has 1 amide bonds. The zero-order chi connectivity index (χ0) is 20.3. The smallest absolute Gasteiger partial charge is 0.227 e. The first-order chi connectivity index (χ1) is 14.8. The topological polar surface area (TPSA) is 83.3 Å². The van der Waals surface area contributed by atoms with E-state index in [-0.39, 0.29) is 11.8 Å². The second-order valence-electron chi connectivity index (χ2n) is 7.60.